The van der Waals surface area contributed by atoms with Crippen molar-refractivity contribution in [1.82, 2.24) is 14.5 Å². The van der Waals surface area contributed by atoms with Crippen LogP contribution in [-0.4, -0.2) is 55.2 Å². The number of hydrogen-bond donors (Lipinski definition) is 1. The lowest BCUT2D eigenvalue weighted by Gasteiger charge is -2.49. The summed E-state index contributed by atoms with van der Waals surface area (Å²) in [5.41, 5.74) is 1.43. The second-order valence-corrected chi connectivity index (χ2v) is 9.85. The molecule has 0 atom stereocenters. The average Bonchev–Trinajstić information content (AvgIpc) is 2.73. The van der Waals surface area contributed by atoms with E-state index in [0.717, 1.165) is 17.7 Å². The van der Waals surface area contributed by atoms with Crippen molar-refractivity contribution in [1.29, 1.82) is 0 Å². The van der Waals surface area contributed by atoms with Crippen LogP contribution in [0.5, 0.6) is 0 Å². The normalized spacial score (nSPS) is 20.5. The molecule has 29 heavy (non-hydrogen) atoms. The lowest BCUT2D eigenvalue weighted by molar-refractivity contribution is -0.141. The highest BCUT2D eigenvalue weighted by Crippen LogP contribution is 2.34. The van der Waals surface area contributed by atoms with E-state index >= 15 is 0 Å². The summed E-state index contributed by atoms with van der Waals surface area (Å²) in [5.74, 6) is 0.0206. The van der Waals surface area contributed by atoms with Crippen LogP contribution in [0.25, 0.3) is 0 Å². The van der Waals surface area contributed by atoms with Gasteiger partial charge in [-0.15, -0.1) is 0 Å². The highest BCUT2D eigenvalue weighted by Gasteiger charge is 2.49. The smallest absolute Gasteiger partial charge is 0.243 e. The molecule has 0 radical (unpaired) electrons. The van der Waals surface area contributed by atoms with Crippen LogP contribution in [0.4, 0.5) is 0 Å². The van der Waals surface area contributed by atoms with Gasteiger partial charge in [0.25, 0.3) is 0 Å². The number of benzene rings is 2. The predicted octanol–water partition coefficient (Wildman–Crippen LogP) is 2.15. The number of piperidine rings is 1. The Hall–Kier alpha value is -2.22. The van der Waals surface area contributed by atoms with Gasteiger partial charge in [-0.1, -0.05) is 42.5 Å². The van der Waals surface area contributed by atoms with Crippen molar-refractivity contribution in [3.63, 3.8) is 0 Å². The number of amides is 1. The largest absolute Gasteiger partial charge is 0.353 e. The monoisotopic (exact) mass is 413 g/mol. The van der Waals surface area contributed by atoms with E-state index in [1.807, 2.05) is 31.2 Å². The number of nitrogens with zero attached hydrogens (tertiary/aromatic N) is 2. The minimum Gasteiger partial charge on any atom is -0.353 e. The summed E-state index contributed by atoms with van der Waals surface area (Å²) < 4.78 is 27.7. The van der Waals surface area contributed by atoms with Crippen LogP contribution in [-0.2, 0) is 21.4 Å². The van der Waals surface area contributed by atoms with Gasteiger partial charge in [0.1, 0.15) is 5.54 Å². The standard InChI is InChI=1S/C22H27N3O3S/c1-18-6-5-9-20(16-18)29(27,28)25-13-10-22(11-14-25)21(26)23-12-15-24(22)17-19-7-3-2-4-8-19/h2-9,16H,10-15,17H2,1H3,(H,23,26). The summed E-state index contributed by atoms with van der Waals surface area (Å²) >= 11 is 0. The zero-order chi connectivity index (χ0) is 20.5. The van der Waals surface area contributed by atoms with Crippen molar-refractivity contribution in [3.8, 4) is 0 Å². The molecule has 2 aromatic carbocycles. The van der Waals surface area contributed by atoms with E-state index in [4.69, 9.17) is 0 Å². The molecule has 1 amide bonds. The summed E-state index contributed by atoms with van der Waals surface area (Å²) in [7, 11) is -3.55. The SMILES string of the molecule is Cc1cccc(S(=O)(=O)N2CCC3(CC2)C(=O)NCCN3Cc2ccccc2)c1. The van der Waals surface area contributed by atoms with Gasteiger partial charge in [0.15, 0.2) is 0 Å². The number of piperazine rings is 1. The Bertz CT molecular complexity index is 983. The van der Waals surface area contributed by atoms with E-state index in [0.29, 0.717) is 43.9 Å². The van der Waals surface area contributed by atoms with Crippen LogP contribution in [0.3, 0.4) is 0 Å². The molecule has 2 saturated heterocycles. The Morgan fingerprint density at radius 1 is 1.00 bits per heavy atom. The Kier molecular flexibility index (Phi) is 5.46. The van der Waals surface area contributed by atoms with Gasteiger partial charge in [-0.2, -0.15) is 4.31 Å². The molecule has 0 aromatic heterocycles. The molecule has 0 aliphatic carbocycles. The van der Waals surface area contributed by atoms with Gasteiger partial charge in [-0.25, -0.2) is 8.42 Å². The minimum absolute atomic E-state index is 0.0206. The van der Waals surface area contributed by atoms with Gasteiger partial charge in [0.2, 0.25) is 15.9 Å². The van der Waals surface area contributed by atoms with Gasteiger partial charge in [0, 0.05) is 32.7 Å². The maximum absolute atomic E-state index is 13.1. The third-order valence-corrected chi connectivity index (χ3v) is 7.98. The van der Waals surface area contributed by atoms with E-state index in [1.165, 1.54) is 4.31 Å². The second-order valence-electron chi connectivity index (χ2n) is 7.92. The summed E-state index contributed by atoms with van der Waals surface area (Å²) in [6.45, 7) is 4.66. The molecule has 2 heterocycles. The fraction of sp³-hybridized carbons (Fsp3) is 0.409. The fourth-order valence-electron chi connectivity index (χ4n) is 4.43. The molecular formula is C22H27N3O3S. The number of hydrogen-bond acceptors (Lipinski definition) is 4. The molecule has 6 nitrogen and oxygen atoms in total. The topological polar surface area (TPSA) is 69.7 Å². The van der Waals surface area contributed by atoms with Crippen LogP contribution < -0.4 is 5.32 Å². The highest BCUT2D eigenvalue weighted by atomic mass is 32.2. The molecule has 0 bridgehead atoms. The zero-order valence-electron chi connectivity index (χ0n) is 16.7. The molecule has 2 aliphatic heterocycles. The van der Waals surface area contributed by atoms with Gasteiger partial charge >= 0.3 is 0 Å². The highest BCUT2D eigenvalue weighted by molar-refractivity contribution is 7.89. The van der Waals surface area contributed by atoms with Crippen LogP contribution in [0, 0.1) is 6.92 Å². The third-order valence-electron chi connectivity index (χ3n) is 6.09. The van der Waals surface area contributed by atoms with Crippen molar-refractivity contribution in [3.05, 3.63) is 65.7 Å². The summed E-state index contributed by atoms with van der Waals surface area (Å²) in [5, 5.41) is 3.00. The summed E-state index contributed by atoms with van der Waals surface area (Å²) in [4.78, 5) is 15.5. The van der Waals surface area contributed by atoms with Gasteiger partial charge in [0.05, 0.1) is 4.90 Å². The first kappa shape index (κ1) is 20.1. The van der Waals surface area contributed by atoms with Crippen molar-refractivity contribution < 1.29 is 13.2 Å². The number of carbonyl (C=O) groups is 1. The van der Waals surface area contributed by atoms with E-state index in [1.54, 1.807) is 18.2 Å². The van der Waals surface area contributed by atoms with E-state index in [2.05, 4.69) is 22.3 Å². The van der Waals surface area contributed by atoms with Crippen molar-refractivity contribution in [2.24, 2.45) is 0 Å². The first-order valence-corrected chi connectivity index (χ1v) is 11.5. The zero-order valence-corrected chi connectivity index (χ0v) is 17.5. The number of rotatable bonds is 4. The minimum atomic E-state index is -3.55. The molecular weight excluding hydrogens is 386 g/mol. The molecule has 1 spiro atoms. The van der Waals surface area contributed by atoms with Gasteiger partial charge in [-0.05, 0) is 43.0 Å². The first-order chi connectivity index (χ1) is 13.9. The van der Waals surface area contributed by atoms with Crippen molar-refractivity contribution in [2.45, 2.75) is 36.7 Å². The maximum atomic E-state index is 13.1. The van der Waals surface area contributed by atoms with Crippen LogP contribution >= 0.6 is 0 Å². The third kappa shape index (κ3) is 3.82. The number of carbonyl (C=O) groups excluding carboxylic acids is 1. The number of sulfonamides is 1. The summed E-state index contributed by atoms with van der Waals surface area (Å²) in [6, 6.07) is 17.1. The second kappa shape index (κ2) is 7.89. The lowest BCUT2D eigenvalue weighted by Crippen LogP contribution is -2.67. The Morgan fingerprint density at radius 3 is 2.41 bits per heavy atom. The van der Waals surface area contributed by atoms with Crippen LogP contribution in [0.15, 0.2) is 59.5 Å². The first-order valence-electron chi connectivity index (χ1n) is 10.1. The molecule has 1 N–H and O–H groups in total. The molecule has 4 rings (SSSR count). The van der Waals surface area contributed by atoms with Gasteiger partial charge in [-0.3, -0.25) is 9.69 Å². The number of aryl methyl sites for hydroxylation is 1. The predicted molar refractivity (Wildman–Crippen MR) is 112 cm³/mol. The van der Waals surface area contributed by atoms with Crippen LogP contribution in [0.2, 0.25) is 0 Å². The quantitative estimate of drug-likeness (QED) is 0.834. The average molecular weight is 414 g/mol. The van der Waals surface area contributed by atoms with Gasteiger partial charge < -0.3 is 5.32 Å². The van der Waals surface area contributed by atoms with Crippen molar-refractivity contribution in [2.75, 3.05) is 26.2 Å². The molecule has 2 aliphatic rings. The Labute approximate surface area is 172 Å². The van der Waals surface area contributed by atoms with E-state index in [9.17, 15) is 13.2 Å². The molecule has 154 valence electrons. The van der Waals surface area contributed by atoms with Crippen molar-refractivity contribution >= 4 is 15.9 Å². The summed E-state index contributed by atoms with van der Waals surface area (Å²) in [6.07, 6.45) is 0.993. The Morgan fingerprint density at radius 2 is 1.72 bits per heavy atom. The number of nitrogens with one attached hydrogen (secondary N) is 1. The molecule has 7 heteroatoms. The Balaban J connectivity index is 1.54. The molecule has 0 unspecified atom stereocenters. The van der Waals surface area contributed by atoms with Crippen LogP contribution in [0.1, 0.15) is 24.0 Å². The molecule has 2 fully saturated rings. The lowest BCUT2D eigenvalue weighted by atomic mass is 9.83. The molecule has 0 saturated carbocycles. The van der Waals surface area contributed by atoms with E-state index < -0.39 is 15.6 Å². The fourth-order valence-corrected chi connectivity index (χ4v) is 5.97. The maximum Gasteiger partial charge on any atom is 0.243 e. The molecule has 2 aromatic rings. The van der Waals surface area contributed by atoms with E-state index in [-0.39, 0.29) is 5.91 Å².